The van der Waals surface area contributed by atoms with E-state index in [0.29, 0.717) is 111 Å². The van der Waals surface area contributed by atoms with E-state index in [0.717, 1.165) is 11.1 Å². The number of benzene rings is 6. The third-order valence-electron chi connectivity index (χ3n) is 15.1. The summed E-state index contributed by atoms with van der Waals surface area (Å²) in [5.74, 6) is -3.87. The standard InChI is InChI=1S/C64H73F2N9O7/c1-41(32-42(2)59(76)70-52-20-16-50(65)17-21-52)56(72-62(79)48-38-49(40-55(39-48)82-4)64(81)75-30-26-68-27-31-75)36-45-12-8-15-54(34-45)69-57(33-43(3)60(77)71-53-22-18-51(66)19-23-53)58(35-44-10-6-5-7-11-44)73-61(78)46-13-9-14-47(37-46)63(80)74-28-24-67-25-29-74/h5-23,34,37-43,56-58,67-69H,24-33,35-36H2,1-4H3,(H,70,76)(H,71,77)(H,72,79)(H,73,78)/t41-,42+,43+,56-,57-,58-/m0/s1. The second kappa shape index (κ2) is 28.8. The van der Waals surface area contributed by atoms with Gasteiger partial charge in [-0.25, -0.2) is 8.78 Å². The molecule has 16 nitrogen and oxygen atoms in total. The van der Waals surface area contributed by atoms with Crippen LogP contribution >= 0.6 is 0 Å². The minimum atomic E-state index is -0.645. The summed E-state index contributed by atoms with van der Waals surface area (Å²) in [6.45, 7) is 10.3. The average molecular weight is 1120 g/mol. The van der Waals surface area contributed by atoms with Gasteiger partial charge in [0.25, 0.3) is 23.6 Å². The van der Waals surface area contributed by atoms with Gasteiger partial charge < -0.3 is 51.8 Å². The van der Waals surface area contributed by atoms with Crippen LogP contribution in [0.2, 0.25) is 0 Å². The molecule has 0 aromatic heterocycles. The van der Waals surface area contributed by atoms with Gasteiger partial charge in [0.1, 0.15) is 17.4 Å². The molecule has 7 N–H and O–H groups in total. The molecular weight excluding hydrogens is 1040 g/mol. The highest BCUT2D eigenvalue weighted by molar-refractivity contribution is 6.01. The molecule has 0 radical (unpaired) electrons. The van der Waals surface area contributed by atoms with E-state index < -0.39 is 53.4 Å². The lowest BCUT2D eigenvalue weighted by molar-refractivity contribution is -0.120. The molecular formula is C64H73F2N9O7. The number of anilines is 3. The molecule has 2 aliphatic heterocycles. The Morgan fingerprint density at radius 1 is 0.500 bits per heavy atom. The number of piperazine rings is 2. The average Bonchev–Trinajstić information content (AvgIpc) is 3.67. The molecule has 0 unspecified atom stereocenters. The van der Waals surface area contributed by atoms with Crippen molar-refractivity contribution < 1.29 is 42.3 Å². The summed E-state index contributed by atoms with van der Waals surface area (Å²) in [6.07, 6.45) is 1.19. The molecule has 2 aliphatic rings. The number of halogens is 2. The topological polar surface area (TPSA) is 202 Å². The van der Waals surface area contributed by atoms with E-state index in [2.05, 4.69) is 37.2 Å². The van der Waals surface area contributed by atoms with Crippen molar-refractivity contribution in [2.45, 2.75) is 64.6 Å². The molecule has 18 heteroatoms. The summed E-state index contributed by atoms with van der Waals surface area (Å²) in [5.41, 5.74) is 4.47. The van der Waals surface area contributed by atoms with Crippen molar-refractivity contribution in [3.63, 3.8) is 0 Å². The molecule has 0 aliphatic carbocycles. The van der Waals surface area contributed by atoms with E-state index in [-0.39, 0.29) is 41.5 Å². The molecule has 8 rings (SSSR count). The van der Waals surface area contributed by atoms with Gasteiger partial charge in [-0.15, -0.1) is 0 Å². The Labute approximate surface area is 478 Å². The first-order valence-electron chi connectivity index (χ1n) is 28.0. The van der Waals surface area contributed by atoms with Gasteiger partial charge in [-0.05, 0) is 140 Å². The second-order valence-corrected chi connectivity index (χ2v) is 21.4. The zero-order valence-corrected chi connectivity index (χ0v) is 46.8. The van der Waals surface area contributed by atoms with E-state index in [4.69, 9.17) is 4.74 Å². The van der Waals surface area contributed by atoms with Crippen molar-refractivity contribution in [1.29, 1.82) is 0 Å². The first-order chi connectivity index (χ1) is 39.6. The first-order valence-corrected chi connectivity index (χ1v) is 28.0. The van der Waals surface area contributed by atoms with Gasteiger partial charge in [-0.2, -0.15) is 0 Å². The van der Waals surface area contributed by atoms with Gasteiger partial charge in [0.05, 0.1) is 13.2 Å². The zero-order valence-electron chi connectivity index (χ0n) is 46.8. The highest BCUT2D eigenvalue weighted by atomic mass is 19.1. The summed E-state index contributed by atoms with van der Waals surface area (Å²) in [5, 5.41) is 22.5. The molecule has 6 aromatic rings. The molecule has 6 aromatic carbocycles. The molecule has 82 heavy (non-hydrogen) atoms. The van der Waals surface area contributed by atoms with Gasteiger partial charge in [0.15, 0.2) is 0 Å². The minimum absolute atomic E-state index is 0.164. The number of ether oxygens (including phenoxy) is 1. The third-order valence-corrected chi connectivity index (χ3v) is 15.1. The summed E-state index contributed by atoms with van der Waals surface area (Å²) >= 11 is 0. The van der Waals surface area contributed by atoms with Crippen molar-refractivity contribution in [2.24, 2.45) is 17.8 Å². The maximum Gasteiger partial charge on any atom is 0.254 e. The van der Waals surface area contributed by atoms with Crippen LogP contribution in [0.15, 0.2) is 146 Å². The van der Waals surface area contributed by atoms with Crippen molar-refractivity contribution in [3.8, 4) is 5.75 Å². The number of rotatable bonds is 23. The van der Waals surface area contributed by atoms with E-state index in [9.17, 15) is 37.5 Å². The molecule has 0 spiro atoms. The Morgan fingerprint density at radius 2 is 0.988 bits per heavy atom. The number of nitrogens with zero attached hydrogens (tertiary/aromatic N) is 2. The molecule has 2 fully saturated rings. The summed E-state index contributed by atoms with van der Waals surface area (Å²) in [7, 11) is 1.48. The van der Waals surface area contributed by atoms with Crippen molar-refractivity contribution in [3.05, 3.63) is 191 Å². The maximum absolute atomic E-state index is 14.6. The highest BCUT2D eigenvalue weighted by Gasteiger charge is 2.31. The molecule has 430 valence electrons. The van der Waals surface area contributed by atoms with Crippen molar-refractivity contribution in [1.82, 2.24) is 31.1 Å². The van der Waals surface area contributed by atoms with E-state index in [1.807, 2.05) is 61.5 Å². The zero-order chi connectivity index (χ0) is 58.1. The van der Waals surface area contributed by atoms with Gasteiger partial charge in [0.2, 0.25) is 11.8 Å². The van der Waals surface area contributed by atoms with Gasteiger partial charge in [-0.1, -0.05) is 69.3 Å². The normalized spacial score (nSPS) is 15.6. The number of carbonyl (C=O) groups excluding carboxylic acids is 6. The lowest BCUT2D eigenvalue weighted by atomic mass is 9.86. The number of hydrogen-bond acceptors (Lipinski definition) is 10. The summed E-state index contributed by atoms with van der Waals surface area (Å²) < 4.78 is 33.3. The fourth-order valence-electron chi connectivity index (χ4n) is 10.4. The number of nitrogens with one attached hydrogen (secondary N) is 7. The number of amides is 6. The molecule has 6 atom stereocenters. The highest BCUT2D eigenvalue weighted by Crippen LogP contribution is 2.27. The van der Waals surface area contributed by atoms with E-state index in [1.54, 1.807) is 66.1 Å². The fourth-order valence-corrected chi connectivity index (χ4v) is 10.4. The third kappa shape index (κ3) is 16.8. The SMILES string of the molecule is COc1cc(C(=O)N[C@@H](Cc2cccc(N[C@@H](C[C@@H](C)C(=O)Nc3ccc(F)cc3)[C@H](Cc3ccccc3)NC(=O)c3cccc(C(=O)N4CCNCC4)c3)c2)[C@@H](C)C[C@@H](C)C(=O)Nc2ccc(F)cc2)cc(C(=O)N2CCNCC2)c1. The van der Waals surface area contributed by atoms with E-state index >= 15 is 0 Å². The Morgan fingerprint density at radius 3 is 1.59 bits per heavy atom. The van der Waals surface area contributed by atoms with Crippen LogP contribution in [0.3, 0.4) is 0 Å². The van der Waals surface area contributed by atoms with Crippen LogP contribution < -0.4 is 42.0 Å². The van der Waals surface area contributed by atoms with Crippen LogP contribution in [-0.2, 0) is 22.4 Å². The lowest BCUT2D eigenvalue weighted by Crippen LogP contribution is -2.49. The number of hydrogen-bond donors (Lipinski definition) is 7. The first kappa shape index (κ1) is 59.6. The second-order valence-electron chi connectivity index (χ2n) is 21.4. The fraction of sp³-hybridized carbons (Fsp3) is 0.344. The van der Waals surface area contributed by atoms with Gasteiger partial charge in [-0.3, -0.25) is 28.8 Å². The predicted molar refractivity (Wildman–Crippen MR) is 314 cm³/mol. The van der Waals surface area contributed by atoms with Crippen LogP contribution in [0.4, 0.5) is 25.8 Å². The molecule has 0 saturated carbocycles. The Bertz CT molecular complexity index is 3150. The maximum atomic E-state index is 14.6. The van der Waals surface area contributed by atoms with Crippen molar-refractivity contribution in [2.75, 3.05) is 75.4 Å². The molecule has 6 amide bonds. The van der Waals surface area contributed by atoms with E-state index in [1.165, 1.54) is 55.6 Å². The Balaban J connectivity index is 1.09. The summed E-state index contributed by atoms with van der Waals surface area (Å²) in [4.78, 5) is 87.6. The van der Waals surface area contributed by atoms with Crippen LogP contribution in [0.25, 0.3) is 0 Å². The molecule has 0 bridgehead atoms. The lowest BCUT2D eigenvalue weighted by Gasteiger charge is -2.32. The number of methoxy groups -OCH3 is 1. The largest absolute Gasteiger partial charge is 0.497 e. The smallest absolute Gasteiger partial charge is 0.254 e. The van der Waals surface area contributed by atoms with Crippen LogP contribution in [-0.4, -0.2) is 123 Å². The van der Waals surface area contributed by atoms with Crippen LogP contribution in [0.5, 0.6) is 5.75 Å². The molecule has 2 heterocycles. The Kier molecular flexibility index (Phi) is 20.9. The van der Waals surface area contributed by atoms with Crippen LogP contribution in [0.1, 0.15) is 86.2 Å². The van der Waals surface area contributed by atoms with Gasteiger partial charge in [0, 0.05) is 116 Å². The quantitative estimate of drug-likeness (QED) is 0.0328. The Hall–Kier alpha value is -8.48. The number of carbonyl (C=O) groups is 6. The van der Waals surface area contributed by atoms with Crippen LogP contribution in [0, 0.1) is 29.4 Å². The molecule has 2 saturated heterocycles. The van der Waals surface area contributed by atoms with Gasteiger partial charge >= 0.3 is 0 Å². The minimum Gasteiger partial charge on any atom is -0.497 e. The monoisotopic (exact) mass is 1120 g/mol. The predicted octanol–water partition coefficient (Wildman–Crippen LogP) is 8.19. The van der Waals surface area contributed by atoms with Crippen molar-refractivity contribution >= 4 is 52.5 Å². The summed E-state index contributed by atoms with van der Waals surface area (Å²) in [6, 6.07) is 38.0.